The maximum Gasteiger partial charge on any atom is 0.260 e. The summed E-state index contributed by atoms with van der Waals surface area (Å²) in [5.74, 6) is 1.38. The molecule has 0 bridgehead atoms. The van der Waals surface area contributed by atoms with Gasteiger partial charge in [-0.2, -0.15) is 0 Å². The maximum absolute atomic E-state index is 13.3. The molecule has 3 aromatic heterocycles. The third-order valence-electron chi connectivity index (χ3n) is 5.87. The highest BCUT2D eigenvalue weighted by atomic mass is 16.7. The summed E-state index contributed by atoms with van der Waals surface area (Å²) in [6.45, 7) is 1.03. The summed E-state index contributed by atoms with van der Waals surface area (Å²) in [7, 11) is 0. The number of ether oxygens (including phenoxy) is 2. The largest absolute Gasteiger partial charge is 0.454 e. The third kappa shape index (κ3) is 3.43. The van der Waals surface area contributed by atoms with Crippen molar-refractivity contribution in [2.24, 2.45) is 0 Å². The first-order chi connectivity index (χ1) is 16.2. The molecular formula is C26H19N3O4. The lowest BCUT2D eigenvalue weighted by Gasteiger charge is -2.10. The van der Waals surface area contributed by atoms with Crippen molar-refractivity contribution in [3.8, 4) is 11.5 Å². The van der Waals surface area contributed by atoms with Gasteiger partial charge >= 0.3 is 0 Å². The molecule has 0 saturated heterocycles. The number of nitrogens with zero attached hydrogens (tertiary/aromatic N) is 3. The molecule has 7 heteroatoms. The fourth-order valence-electron chi connectivity index (χ4n) is 4.17. The summed E-state index contributed by atoms with van der Waals surface area (Å²) in [6.07, 6.45) is 3.47. The van der Waals surface area contributed by atoms with Crippen molar-refractivity contribution in [2.45, 2.75) is 13.1 Å². The van der Waals surface area contributed by atoms with Crippen molar-refractivity contribution in [2.75, 3.05) is 6.79 Å². The van der Waals surface area contributed by atoms with Crippen LogP contribution in [-0.4, -0.2) is 20.9 Å². The Hall–Kier alpha value is -4.39. The fraction of sp³-hybridized carbons (Fsp3) is 0.115. The van der Waals surface area contributed by atoms with Gasteiger partial charge in [0.25, 0.3) is 11.1 Å². The van der Waals surface area contributed by atoms with Crippen molar-refractivity contribution >= 4 is 21.8 Å². The van der Waals surface area contributed by atoms with Gasteiger partial charge in [0.15, 0.2) is 11.5 Å². The first kappa shape index (κ1) is 19.3. The molecule has 0 atom stereocenters. The third-order valence-corrected chi connectivity index (χ3v) is 5.87. The minimum atomic E-state index is -0.197. The molecule has 162 valence electrons. The van der Waals surface area contributed by atoms with E-state index in [1.54, 1.807) is 33.7 Å². The van der Waals surface area contributed by atoms with E-state index < -0.39 is 0 Å². The molecule has 1 aliphatic heterocycles. The SMILES string of the molecule is O=c1c2cc3c(=O)n(Cc4ccc5c(c4)OCO5)ccc3nc2ccn1Cc1ccccc1. The fourth-order valence-corrected chi connectivity index (χ4v) is 4.17. The predicted molar refractivity (Wildman–Crippen MR) is 125 cm³/mol. The standard InChI is InChI=1S/C26H19N3O4/c30-25-19-13-20-22(27-21(19)8-10-28(25)14-17-4-2-1-3-5-17)9-11-29(26(20)31)15-18-6-7-23-24(12-18)33-16-32-23/h1-13H,14-16H2. The smallest absolute Gasteiger partial charge is 0.260 e. The van der Waals surface area contributed by atoms with Crippen LogP contribution in [0.25, 0.3) is 21.8 Å². The highest BCUT2D eigenvalue weighted by Crippen LogP contribution is 2.32. The molecule has 0 amide bonds. The molecule has 33 heavy (non-hydrogen) atoms. The van der Waals surface area contributed by atoms with E-state index in [4.69, 9.17) is 9.47 Å². The average molecular weight is 437 g/mol. The Bertz CT molecular complexity index is 1640. The number of rotatable bonds is 4. The Kier molecular flexibility index (Phi) is 4.47. The predicted octanol–water partition coefficient (Wildman–Crippen LogP) is 3.54. The van der Waals surface area contributed by atoms with Crippen molar-refractivity contribution < 1.29 is 9.47 Å². The first-order valence-corrected chi connectivity index (χ1v) is 10.6. The Labute approximate surface area is 188 Å². The molecule has 5 aromatic rings. The van der Waals surface area contributed by atoms with Gasteiger partial charge in [0.1, 0.15) is 0 Å². The Morgan fingerprint density at radius 3 is 2.03 bits per heavy atom. The van der Waals surface area contributed by atoms with Gasteiger partial charge in [-0.1, -0.05) is 36.4 Å². The lowest BCUT2D eigenvalue weighted by molar-refractivity contribution is 0.174. The van der Waals surface area contributed by atoms with Gasteiger partial charge < -0.3 is 18.6 Å². The monoisotopic (exact) mass is 437 g/mol. The topological polar surface area (TPSA) is 75.3 Å². The van der Waals surface area contributed by atoms with E-state index in [-0.39, 0.29) is 17.9 Å². The summed E-state index contributed by atoms with van der Waals surface area (Å²) < 4.78 is 14.0. The minimum Gasteiger partial charge on any atom is -0.454 e. The quantitative estimate of drug-likeness (QED) is 0.402. The van der Waals surface area contributed by atoms with Crippen molar-refractivity contribution in [1.29, 1.82) is 0 Å². The zero-order valence-electron chi connectivity index (χ0n) is 17.6. The molecule has 0 fully saturated rings. The molecule has 7 nitrogen and oxygen atoms in total. The summed E-state index contributed by atoms with van der Waals surface area (Å²) in [6, 6.07) is 20.7. The van der Waals surface area contributed by atoms with Gasteiger partial charge in [0.2, 0.25) is 6.79 Å². The van der Waals surface area contributed by atoms with Crippen molar-refractivity contribution in [3.63, 3.8) is 0 Å². The maximum atomic E-state index is 13.3. The van der Waals surface area contributed by atoms with Crippen molar-refractivity contribution in [1.82, 2.24) is 14.1 Å². The van der Waals surface area contributed by atoms with Crippen LogP contribution >= 0.6 is 0 Å². The van der Waals surface area contributed by atoms with Crippen LogP contribution in [0.2, 0.25) is 0 Å². The van der Waals surface area contributed by atoms with Gasteiger partial charge in [-0.15, -0.1) is 0 Å². The van der Waals surface area contributed by atoms with Crippen LogP contribution < -0.4 is 20.6 Å². The molecule has 0 unspecified atom stereocenters. The second-order valence-electron chi connectivity index (χ2n) is 8.02. The zero-order chi connectivity index (χ0) is 22.4. The highest BCUT2D eigenvalue weighted by Gasteiger charge is 2.14. The average Bonchev–Trinajstić information content (AvgIpc) is 3.31. The van der Waals surface area contributed by atoms with Crippen LogP contribution in [0.15, 0.2) is 88.7 Å². The lowest BCUT2D eigenvalue weighted by atomic mass is 10.1. The first-order valence-electron chi connectivity index (χ1n) is 10.6. The summed E-state index contributed by atoms with van der Waals surface area (Å²) in [5.41, 5.74) is 2.71. The number of pyridine rings is 3. The van der Waals surface area contributed by atoms with E-state index in [1.807, 2.05) is 54.6 Å². The molecule has 0 aliphatic carbocycles. The van der Waals surface area contributed by atoms with Gasteiger partial charge in [0.05, 0.1) is 34.9 Å². The second kappa shape index (κ2) is 7.63. The Balaban J connectivity index is 1.42. The van der Waals surface area contributed by atoms with Crippen LogP contribution in [0.1, 0.15) is 11.1 Å². The molecule has 4 heterocycles. The zero-order valence-corrected chi connectivity index (χ0v) is 17.6. The Morgan fingerprint density at radius 2 is 1.33 bits per heavy atom. The van der Waals surface area contributed by atoms with Crippen LogP contribution in [0, 0.1) is 0 Å². The number of aromatic nitrogens is 3. The molecule has 0 spiro atoms. The van der Waals surface area contributed by atoms with Crippen molar-refractivity contribution in [3.05, 3.63) is 111 Å². The summed E-state index contributed by atoms with van der Waals surface area (Å²) >= 11 is 0. The second-order valence-corrected chi connectivity index (χ2v) is 8.02. The molecule has 6 rings (SSSR count). The molecule has 0 N–H and O–H groups in total. The van der Waals surface area contributed by atoms with E-state index >= 15 is 0 Å². The van der Waals surface area contributed by atoms with Gasteiger partial charge in [-0.3, -0.25) is 9.59 Å². The number of hydrogen-bond acceptors (Lipinski definition) is 5. The van der Waals surface area contributed by atoms with Crippen LogP contribution in [-0.2, 0) is 13.1 Å². The van der Waals surface area contributed by atoms with Gasteiger partial charge in [-0.05, 0) is 41.5 Å². The summed E-state index contributed by atoms with van der Waals surface area (Å²) in [5, 5.41) is 0.846. The van der Waals surface area contributed by atoms with E-state index in [0.29, 0.717) is 46.4 Å². The highest BCUT2D eigenvalue weighted by molar-refractivity contribution is 5.91. The molecule has 0 radical (unpaired) electrons. The van der Waals surface area contributed by atoms with E-state index in [1.165, 1.54) is 0 Å². The van der Waals surface area contributed by atoms with Crippen LogP contribution in [0.3, 0.4) is 0 Å². The number of benzene rings is 2. The van der Waals surface area contributed by atoms with Crippen LogP contribution in [0.5, 0.6) is 11.5 Å². The molecular weight excluding hydrogens is 418 g/mol. The normalized spacial score (nSPS) is 12.5. The Morgan fingerprint density at radius 1 is 0.697 bits per heavy atom. The number of hydrogen-bond donors (Lipinski definition) is 0. The molecule has 2 aromatic carbocycles. The van der Waals surface area contributed by atoms with E-state index in [2.05, 4.69) is 4.98 Å². The minimum absolute atomic E-state index is 0.170. The van der Waals surface area contributed by atoms with E-state index in [9.17, 15) is 9.59 Å². The summed E-state index contributed by atoms with van der Waals surface area (Å²) in [4.78, 5) is 31.0. The number of fused-ring (bicyclic) bond motifs is 3. The van der Waals surface area contributed by atoms with E-state index in [0.717, 1.165) is 11.1 Å². The van der Waals surface area contributed by atoms with Gasteiger partial charge in [0, 0.05) is 12.4 Å². The lowest BCUT2D eigenvalue weighted by Crippen LogP contribution is -2.23. The molecule has 0 saturated carbocycles. The van der Waals surface area contributed by atoms with Crippen LogP contribution in [0.4, 0.5) is 0 Å². The van der Waals surface area contributed by atoms with Gasteiger partial charge in [-0.25, -0.2) is 4.98 Å². The molecule has 1 aliphatic rings.